The van der Waals surface area contributed by atoms with Crippen LogP contribution >= 0.6 is 11.6 Å². The van der Waals surface area contributed by atoms with Crippen molar-refractivity contribution >= 4 is 33.0 Å². The van der Waals surface area contributed by atoms with Crippen LogP contribution in [0.3, 0.4) is 0 Å². The first-order chi connectivity index (χ1) is 16.7. The Hall–Kier alpha value is -2.34. The Bertz CT molecular complexity index is 1210. The third-order valence-electron chi connectivity index (χ3n) is 6.46. The van der Waals surface area contributed by atoms with E-state index in [-0.39, 0.29) is 45.4 Å². The summed E-state index contributed by atoms with van der Waals surface area (Å²) in [6, 6.07) is 1.66. The van der Waals surface area contributed by atoms with Gasteiger partial charge in [0, 0.05) is 30.6 Å². The first-order valence-corrected chi connectivity index (χ1v) is 13.9. The van der Waals surface area contributed by atoms with Gasteiger partial charge in [0.1, 0.15) is 21.7 Å². The number of rotatable bonds is 8. The fraction of sp³-hybridized carbons (Fsp3) is 0.565. The van der Waals surface area contributed by atoms with E-state index in [1.807, 2.05) is 0 Å². The monoisotopic (exact) mass is 552 g/mol. The molecule has 0 aliphatic heterocycles. The highest BCUT2D eigenvalue weighted by molar-refractivity contribution is 7.91. The molecule has 36 heavy (non-hydrogen) atoms. The molecule has 7 nitrogen and oxygen atoms in total. The molecule has 1 aliphatic carbocycles. The quantitative estimate of drug-likeness (QED) is 0.447. The standard InChI is InChI=1S/C23H29ClF4N4O3S/c1-4-32-21(17-10-7-15(11-18(17)25)30-13(2)23(26,27)28)19(24)20(31-32)22(33)29-12-14-5-8-16(9-6-14)36(3,34)35/h7,10-11,13-14,16,30H,4-6,8-9,12H2,1-3H3,(H,29,33)/t13-,14?,16?/m1/s1. The molecular weight excluding hydrogens is 524 g/mol. The zero-order chi connectivity index (χ0) is 26.8. The number of carbonyl (C=O) groups excluding carboxylic acids is 1. The number of aromatic nitrogens is 2. The summed E-state index contributed by atoms with van der Waals surface area (Å²) in [7, 11) is -3.08. The van der Waals surface area contributed by atoms with E-state index in [9.17, 15) is 30.8 Å². The van der Waals surface area contributed by atoms with Gasteiger partial charge in [0.05, 0.1) is 16.0 Å². The van der Waals surface area contributed by atoms with Crippen molar-refractivity contribution in [1.29, 1.82) is 0 Å². The largest absolute Gasteiger partial charge is 0.408 e. The summed E-state index contributed by atoms with van der Waals surface area (Å²) in [5.74, 6) is -1.24. The van der Waals surface area contributed by atoms with Crippen LogP contribution in [0.15, 0.2) is 18.2 Å². The number of amides is 1. The lowest BCUT2D eigenvalue weighted by Crippen LogP contribution is -2.34. The number of hydrogen-bond acceptors (Lipinski definition) is 5. The molecule has 3 rings (SSSR count). The van der Waals surface area contributed by atoms with Crippen molar-refractivity contribution in [2.45, 2.75) is 63.5 Å². The van der Waals surface area contributed by atoms with Crippen LogP contribution in [0, 0.1) is 11.7 Å². The van der Waals surface area contributed by atoms with Crippen LogP contribution < -0.4 is 10.6 Å². The molecule has 1 heterocycles. The van der Waals surface area contributed by atoms with Gasteiger partial charge in [-0.15, -0.1) is 0 Å². The summed E-state index contributed by atoms with van der Waals surface area (Å²) in [4.78, 5) is 12.8. The highest BCUT2D eigenvalue weighted by Crippen LogP contribution is 2.35. The molecule has 1 aromatic heterocycles. The van der Waals surface area contributed by atoms with Gasteiger partial charge in [0.25, 0.3) is 5.91 Å². The Kier molecular flexibility index (Phi) is 8.59. The zero-order valence-electron chi connectivity index (χ0n) is 20.1. The smallest absolute Gasteiger partial charge is 0.374 e. The minimum Gasteiger partial charge on any atom is -0.374 e. The van der Waals surface area contributed by atoms with Crippen molar-refractivity contribution in [3.8, 4) is 11.3 Å². The van der Waals surface area contributed by atoms with Gasteiger partial charge in [-0.3, -0.25) is 9.48 Å². The molecule has 0 unspecified atom stereocenters. The normalized spacial score (nSPS) is 19.7. The van der Waals surface area contributed by atoms with Crippen LogP contribution in [0.4, 0.5) is 23.2 Å². The first-order valence-electron chi connectivity index (χ1n) is 11.6. The van der Waals surface area contributed by atoms with Crippen LogP contribution in [-0.2, 0) is 16.4 Å². The molecule has 1 amide bonds. The van der Waals surface area contributed by atoms with E-state index in [1.54, 1.807) is 6.92 Å². The molecule has 2 N–H and O–H groups in total. The summed E-state index contributed by atoms with van der Waals surface area (Å²) in [5.41, 5.74) is -0.00226. The topological polar surface area (TPSA) is 93.1 Å². The van der Waals surface area contributed by atoms with Crippen LogP contribution in [0.5, 0.6) is 0 Å². The third kappa shape index (κ3) is 6.50. The summed E-state index contributed by atoms with van der Waals surface area (Å²) < 4.78 is 78.2. The van der Waals surface area contributed by atoms with Crippen LogP contribution in [0.2, 0.25) is 5.02 Å². The Balaban J connectivity index is 1.74. The maximum atomic E-state index is 14.9. The SMILES string of the molecule is CCn1nc(C(=O)NCC2CCC(S(C)(=O)=O)CC2)c(Cl)c1-c1ccc(N[C@H](C)C(F)(F)F)cc1F. The summed E-state index contributed by atoms with van der Waals surface area (Å²) >= 11 is 6.44. The molecule has 1 saturated carbocycles. The van der Waals surface area contributed by atoms with Crippen LogP contribution in [0.25, 0.3) is 11.3 Å². The highest BCUT2D eigenvalue weighted by Gasteiger charge is 2.36. The van der Waals surface area contributed by atoms with E-state index in [0.717, 1.165) is 13.0 Å². The molecule has 1 fully saturated rings. The molecule has 1 atom stereocenters. The Labute approximate surface area is 212 Å². The number of nitrogens with one attached hydrogen (secondary N) is 2. The average Bonchev–Trinajstić information content (AvgIpc) is 3.13. The van der Waals surface area contributed by atoms with Gasteiger partial charge in [-0.2, -0.15) is 18.3 Å². The van der Waals surface area contributed by atoms with Gasteiger partial charge >= 0.3 is 6.18 Å². The first kappa shape index (κ1) is 28.2. The molecule has 0 radical (unpaired) electrons. The molecule has 2 aromatic rings. The van der Waals surface area contributed by atoms with Crippen LogP contribution in [-0.4, -0.2) is 54.4 Å². The Morgan fingerprint density at radius 3 is 2.42 bits per heavy atom. The number of nitrogens with zero attached hydrogens (tertiary/aromatic N) is 2. The van der Waals surface area contributed by atoms with Crippen molar-refractivity contribution in [2.75, 3.05) is 18.1 Å². The van der Waals surface area contributed by atoms with Crippen molar-refractivity contribution in [1.82, 2.24) is 15.1 Å². The molecule has 13 heteroatoms. The van der Waals surface area contributed by atoms with Gasteiger partial charge in [-0.1, -0.05) is 11.6 Å². The lowest BCUT2D eigenvalue weighted by molar-refractivity contribution is -0.138. The molecule has 1 aliphatic rings. The average molecular weight is 553 g/mol. The highest BCUT2D eigenvalue weighted by atomic mass is 35.5. The number of hydrogen-bond donors (Lipinski definition) is 2. The van der Waals surface area contributed by atoms with Gasteiger partial charge in [0.2, 0.25) is 0 Å². The number of alkyl halides is 3. The number of anilines is 1. The number of sulfone groups is 1. The van der Waals surface area contributed by atoms with Crippen molar-refractivity contribution in [3.05, 3.63) is 34.7 Å². The lowest BCUT2D eigenvalue weighted by atomic mass is 9.89. The molecule has 0 saturated heterocycles. The third-order valence-corrected chi connectivity index (χ3v) is 8.50. The van der Waals surface area contributed by atoms with Gasteiger partial charge in [-0.05, 0) is 63.6 Å². The predicted octanol–water partition coefficient (Wildman–Crippen LogP) is 5.06. The number of halogens is 5. The number of aryl methyl sites for hydroxylation is 1. The Morgan fingerprint density at radius 1 is 1.25 bits per heavy atom. The van der Waals surface area contributed by atoms with E-state index >= 15 is 0 Å². The minimum atomic E-state index is -4.49. The second-order valence-corrected chi connectivity index (χ2v) is 11.8. The summed E-state index contributed by atoms with van der Waals surface area (Å²) in [6.45, 7) is 3.25. The van der Waals surface area contributed by atoms with Gasteiger partial charge in [0.15, 0.2) is 5.69 Å². The Morgan fingerprint density at radius 2 is 1.89 bits per heavy atom. The zero-order valence-corrected chi connectivity index (χ0v) is 21.7. The fourth-order valence-electron chi connectivity index (χ4n) is 4.28. The minimum absolute atomic E-state index is 0.00212. The fourth-order valence-corrected chi connectivity index (χ4v) is 5.74. The van der Waals surface area contributed by atoms with Gasteiger partial charge < -0.3 is 10.6 Å². The second-order valence-electron chi connectivity index (χ2n) is 9.11. The predicted molar refractivity (Wildman–Crippen MR) is 130 cm³/mol. The molecule has 200 valence electrons. The van der Waals surface area contributed by atoms with E-state index in [0.29, 0.717) is 32.2 Å². The molecule has 0 bridgehead atoms. The van der Waals surface area contributed by atoms with E-state index < -0.39 is 33.8 Å². The van der Waals surface area contributed by atoms with Crippen molar-refractivity contribution in [2.24, 2.45) is 5.92 Å². The van der Waals surface area contributed by atoms with Crippen molar-refractivity contribution in [3.63, 3.8) is 0 Å². The summed E-state index contributed by atoms with van der Waals surface area (Å²) in [5, 5.41) is 8.78. The van der Waals surface area contributed by atoms with Crippen LogP contribution in [0.1, 0.15) is 50.0 Å². The molecule has 0 spiro atoms. The number of carbonyl (C=O) groups is 1. The maximum absolute atomic E-state index is 14.9. The summed E-state index contributed by atoms with van der Waals surface area (Å²) in [6.07, 6.45) is -0.840. The van der Waals surface area contributed by atoms with E-state index in [4.69, 9.17) is 11.6 Å². The second kappa shape index (κ2) is 11.0. The van der Waals surface area contributed by atoms with E-state index in [1.165, 1.54) is 23.1 Å². The van der Waals surface area contributed by atoms with Gasteiger partial charge in [-0.25, -0.2) is 12.8 Å². The maximum Gasteiger partial charge on any atom is 0.408 e. The lowest BCUT2D eigenvalue weighted by Gasteiger charge is -2.27. The van der Waals surface area contributed by atoms with E-state index in [2.05, 4.69) is 15.7 Å². The molecule has 1 aromatic carbocycles. The van der Waals surface area contributed by atoms with Crippen molar-refractivity contribution < 1.29 is 30.8 Å². The molecular formula is C23H29ClF4N4O3S. The number of benzene rings is 1.